The quantitative estimate of drug-likeness (QED) is 0.356. The first kappa shape index (κ1) is 23.7. The number of halogens is 1. The average Bonchev–Trinajstić information content (AvgIpc) is 3.12. The molecule has 178 valence electrons. The van der Waals surface area contributed by atoms with E-state index >= 15 is 0 Å². The number of aromatic nitrogens is 1. The van der Waals surface area contributed by atoms with Gasteiger partial charge in [0.15, 0.2) is 35.7 Å². The minimum Gasteiger partial charge on any atom is -0.503 e. The first-order valence-electron chi connectivity index (χ1n) is 10.6. The lowest BCUT2D eigenvalue weighted by atomic mass is 10.1. The maximum Gasteiger partial charge on any atom is 0.338 e. The van der Waals surface area contributed by atoms with Crippen LogP contribution in [-0.4, -0.2) is 47.9 Å². The predicted octanol–water partition coefficient (Wildman–Crippen LogP) is 4.46. The van der Waals surface area contributed by atoms with Gasteiger partial charge in [-0.1, -0.05) is 12.1 Å². The molecular weight excluding hydrogens is 506 g/mol. The summed E-state index contributed by atoms with van der Waals surface area (Å²) in [6.45, 7) is 4.26. The Bertz CT molecular complexity index is 1250. The Morgan fingerprint density at radius 3 is 2.65 bits per heavy atom. The third-order valence-electron chi connectivity index (χ3n) is 5.65. The van der Waals surface area contributed by atoms with Crippen LogP contribution >= 0.6 is 15.9 Å². The molecule has 0 bridgehead atoms. The molecule has 1 atom stereocenters. The maximum absolute atomic E-state index is 12.8. The van der Waals surface area contributed by atoms with Crippen molar-refractivity contribution in [2.75, 3.05) is 20.3 Å². The van der Waals surface area contributed by atoms with Crippen LogP contribution in [0.4, 0.5) is 0 Å². The Morgan fingerprint density at radius 2 is 1.91 bits per heavy atom. The zero-order chi connectivity index (χ0) is 24.4. The summed E-state index contributed by atoms with van der Waals surface area (Å²) in [5, 5.41) is 9.90. The van der Waals surface area contributed by atoms with Gasteiger partial charge in [0, 0.05) is 17.0 Å². The summed E-state index contributed by atoms with van der Waals surface area (Å²) in [4.78, 5) is 25.3. The second-order valence-corrected chi connectivity index (χ2v) is 8.76. The second-order valence-electron chi connectivity index (χ2n) is 7.90. The number of ketones is 1. The molecule has 0 spiro atoms. The van der Waals surface area contributed by atoms with Crippen molar-refractivity contribution < 1.29 is 33.6 Å². The number of phenols is 1. The number of hydrogen-bond donors (Lipinski definition) is 1. The zero-order valence-corrected chi connectivity index (χ0v) is 20.5. The van der Waals surface area contributed by atoms with E-state index in [9.17, 15) is 14.7 Å². The molecule has 0 amide bonds. The number of nitrogens with zero attached hydrogens (tertiary/aromatic N) is 1. The smallest absolute Gasteiger partial charge is 0.338 e. The van der Waals surface area contributed by atoms with Gasteiger partial charge in [-0.05, 0) is 60.1 Å². The lowest BCUT2D eigenvalue weighted by Gasteiger charge is -2.27. The van der Waals surface area contributed by atoms with Crippen LogP contribution in [-0.2, 0) is 11.3 Å². The van der Waals surface area contributed by atoms with Crippen LogP contribution < -0.4 is 14.2 Å². The number of Topliss-reactive ketones (excluding diaryl/α,β-unsaturated/α-hetero) is 1. The number of aromatic hydroxyl groups is 1. The van der Waals surface area contributed by atoms with Gasteiger partial charge in [-0.3, -0.25) is 4.79 Å². The predicted molar refractivity (Wildman–Crippen MR) is 127 cm³/mol. The second kappa shape index (κ2) is 9.80. The van der Waals surface area contributed by atoms with Gasteiger partial charge in [-0.2, -0.15) is 0 Å². The van der Waals surface area contributed by atoms with Gasteiger partial charge in [0.1, 0.15) is 6.61 Å². The molecule has 0 radical (unpaired) electrons. The number of para-hydroxylation sites is 2. The van der Waals surface area contributed by atoms with Crippen molar-refractivity contribution in [3.05, 3.63) is 69.5 Å². The fraction of sp³-hybridized carbons (Fsp3) is 0.280. The van der Waals surface area contributed by atoms with Crippen molar-refractivity contribution >= 4 is 27.7 Å². The van der Waals surface area contributed by atoms with Crippen molar-refractivity contribution in [1.29, 1.82) is 0 Å². The van der Waals surface area contributed by atoms with Gasteiger partial charge < -0.3 is 28.6 Å². The molecule has 1 N–H and O–H groups in total. The number of esters is 1. The maximum atomic E-state index is 12.8. The lowest BCUT2D eigenvalue weighted by molar-refractivity contribution is 0.0474. The number of aryl methyl sites for hydroxylation is 1. The van der Waals surface area contributed by atoms with Crippen LogP contribution in [0.3, 0.4) is 0 Å². The number of fused-ring (bicyclic) bond motifs is 1. The van der Waals surface area contributed by atoms with Crippen LogP contribution in [0, 0.1) is 13.8 Å². The van der Waals surface area contributed by atoms with Crippen molar-refractivity contribution in [3.63, 3.8) is 0 Å². The molecule has 0 saturated carbocycles. The highest BCUT2D eigenvalue weighted by atomic mass is 79.9. The minimum atomic E-state index is -0.701. The van der Waals surface area contributed by atoms with E-state index in [0.717, 1.165) is 17.1 Å². The normalized spacial score (nSPS) is 14.5. The van der Waals surface area contributed by atoms with Crippen molar-refractivity contribution in [2.24, 2.45) is 0 Å². The molecule has 0 fully saturated rings. The van der Waals surface area contributed by atoms with Crippen LogP contribution in [0.25, 0.3) is 0 Å². The molecular formula is C25H24BrNO7. The van der Waals surface area contributed by atoms with Crippen molar-refractivity contribution in [1.82, 2.24) is 4.57 Å². The highest BCUT2D eigenvalue weighted by Gasteiger charge is 2.24. The Balaban J connectivity index is 1.42. The molecule has 34 heavy (non-hydrogen) atoms. The van der Waals surface area contributed by atoms with Crippen LogP contribution in [0.2, 0.25) is 0 Å². The molecule has 2 heterocycles. The third kappa shape index (κ3) is 4.75. The number of rotatable bonds is 7. The van der Waals surface area contributed by atoms with E-state index in [-0.39, 0.29) is 33.4 Å². The van der Waals surface area contributed by atoms with Crippen LogP contribution in [0.1, 0.15) is 32.1 Å². The number of hydrogen-bond acceptors (Lipinski definition) is 7. The zero-order valence-electron chi connectivity index (χ0n) is 19.0. The van der Waals surface area contributed by atoms with E-state index in [4.69, 9.17) is 18.9 Å². The molecule has 0 aliphatic carbocycles. The van der Waals surface area contributed by atoms with Crippen LogP contribution in [0.5, 0.6) is 23.0 Å². The summed E-state index contributed by atoms with van der Waals surface area (Å²) in [7, 11) is 1.37. The van der Waals surface area contributed by atoms with E-state index in [1.807, 2.05) is 42.7 Å². The molecule has 2 aromatic carbocycles. The number of ether oxygens (including phenoxy) is 4. The highest BCUT2D eigenvalue weighted by molar-refractivity contribution is 9.10. The number of benzene rings is 2. The van der Waals surface area contributed by atoms with E-state index < -0.39 is 12.6 Å². The Labute approximate surface area is 205 Å². The standard InChI is InChI=1S/C25H24BrNO7/c1-14-8-18(15(2)27(14)11-17-12-32-21-6-4-5-7-22(21)34-17)20(28)13-33-25(30)16-9-19(26)24(29)23(10-16)31-3/h4-10,17,29H,11-13H2,1-3H3/t17-/m1/s1. The van der Waals surface area contributed by atoms with E-state index in [1.165, 1.54) is 19.2 Å². The van der Waals surface area contributed by atoms with Gasteiger partial charge in [-0.15, -0.1) is 0 Å². The summed E-state index contributed by atoms with van der Waals surface area (Å²) in [5.74, 6) is 0.389. The minimum absolute atomic E-state index is 0.118. The molecule has 9 heteroatoms. The molecule has 0 saturated heterocycles. The Kier molecular flexibility index (Phi) is 6.83. The summed E-state index contributed by atoms with van der Waals surface area (Å²) in [5.41, 5.74) is 2.28. The van der Waals surface area contributed by atoms with E-state index in [1.54, 1.807) is 6.07 Å². The lowest BCUT2D eigenvalue weighted by Crippen LogP contribution is -2.33. The Hall–Kier alpha value is -3.46. The van der Waals surface area contributed by atoms with Gasteiger partial charge >= 0.3 is 5.97 Å². The molecule has 8 nitrogen and oxygen atoms in total. The summed E-state index contributed by atoms with van der Waals surface area (Å²) < 4.78 is 24.4. The third-order valence-corrected chi connectivity index (χ3v) is 6.25. The number of phenolic OH excluding ortho intramolecular Hbond substituents is 1. The van der Waals surface area contributed by atoms with Crippen molar-refractivity contribution in [2.45, 2.75) is 26.5 Å². The molecule has 1 aromatic heterocycles. The highest BCUT2D eigenvalue weighted by Crippen LogP contribution is 2.35. The molecule has 4 rings (SSSR count). The number of carbonyl (C=O) groups is 2. The Morgan fingerprint density at radius 1 is 1.18 bits per heavy atom. The summed E-state index contributed by atoms with van der Waals surface area (Å²) in [6.07, 6.45) is -0.205. The van der Waals surface area contributed by atoms with Gasteiger partial charge in [0.25, 0.3) is 0 Å². The molecule has 3 aromatic rings. The van der Waals surface area contributed by atoms with Crippen molar-refractivity contribution in [3.8, 4) is 23.0 Å². The van der Waals surface area contributed by atoms with Gasteiger partial charge in [0.2, 0.25) is 5.78 Å². The number of methoxy groups -OCH3 is 1. The van der Waals surface area contributed by atoms with Gasteiger partial charge in [0.05, 0.1) is 23.7 Å². The summed E-state index contributed by atoms with van der Waals surface area (Å²) >= 11 is 3.17. The molecule has 1 aliphatic heterocycles. The average molecular weight is 530 g/mol. The van der Waals surface area contributed by atoms with Crippen LogP contribution in [0.15, 0.2) is 46.9 Å². The van der Waals surface area contributed by atoms with Gasteiger partial charge in [-0.25, -0.2) is 4.79 Å². The fourth-order valence-electron chi connectivity index (χ4n) is 3.86. The van der Waals surface area contributed by atoms with E-state index in [2.05, 4.69) is 15.9 Å². The number of carbonyl (C=O) groups excluding carboxylic acids is 2. The first-order chi connectivity index (χ1) is 16.3. The first-order valence-corrected chi connectivity index (χ1v) is 11.4. The SMILES string of the molecule is COc1cc(C(=O)OCC(=O)c2cc(C)n(C[C@@H]3COc4ccccc4O3)c2C)cc(Br)c1O. The fourth-order valence-corrected chi connectivity index (χ4v) is 4.30. The largest absolute Gasteiger partial charge is 0.503 e. The monoisotopic (exact) mass is 529 g/mol. The topological polar surface area (TPSA) is 96.2 Å². The summed E-state index contributed by atoms with van der Waals surface area (Å²) in [6, 6.07) is 12.0. The van der Waals surface area contributed by atoms with E-state index in [0.29, 0.717) is 24.5 Å². The molecule has 1 aliphatic rings. The molecule has 0 unspecified atom stereocenters.